The normalized spacial score (nSPS) is 19.3. The molecule has 5 atom stereocenters. The van der Waals surface area contributed by atoms with Gasteiger partial charge in [-0.25, -0.2) is 4.79 Å². The number of alkyl carbamates (subject to hydrolysis) is 1. The summed E-state index contributed by atoms with van der Waals surface area (Å²) < 4.78 is 11.0. The predicted octanol–water partition coefficient (Wildman–Crippen LogP) is 3.62. The maximum absolute atomic E-state index is 13.9. The van der Waals surface area contributed by atoms with Crippen molar-refractivity contribution in [1.29, 1.82) is 0 Å². The van der Waals surface area contributed by atoms with Crippen molar-refractivity contribution in [2.75, 3.05) is 13.2 Å². The highest BCUT2D eigenvalue weighted by Crippen LogP contribution is 2.25. The van der Waals surface area contributed by atoms with Gasteiger partial charge in [-0.1, -0.05) is 86.6 Å². The first-order valence-electron chi connectivity index (χ1n) is 15.7. The molecule has 2 aliphatic heterocycles. The summed E-state index contributed by atoms with van der Waals surface area (Å²) in [6, 6.07) is 20.8. The van der Waals surface area contributed by atoms with Gasteiger partial charge < -0.3 is 30.7 Å². The summed E-state index contributed by atoms with van der Waals surface area (Å²) in [6.07, 6.45) is 0.885. The standard InChI is InChI=1S/C35H42N4O6/c1-22(2)17-29(33(41)37-28(31-21-44-31)19-26-15-16-36-32(26)40)38-34(42)30(39-35(43)45-20-23-9-4-3-5-10-23)18-25-13-8-12-24-11-6-7-14-27(24)25/h3-14,22,26,28-31H,15-21H2,1-2H3,(H,36,40)(H,37,41)(H,38,42)(H,39,43)/t26-,28-,29-,30-,31?/m0/s1. The quantitative estimate of drug-likeness (QED) is 0.205. The van der Waals surface area contributed by atoms with Gasteiger partial charge in [0.05, 0.1) is 12.6 Å². The van der Waals surface area contributed by atoms with E-state index in [-0.39, 0.29) is 48.8 Å². The number of amides is 4. The number of hydrogen-bond donors (Lipinski definition) is 4. The monoisotopic (exact) mass is 614 g/mol. The minimum absolute atomic E-state index is 0.0107. The van der Waals surface area contributed by atoms with Gasteiger partial charge in [0, 0.05) is 18.9 Å². The zero-order chi connectivity index (χ0) is 31.8. The van der Waals surface area contributed by atoms with Gasteiger partial charge in [0.15, 0.2) is 0 Å². The lowest BCUT2D eigenvalue weighted by atomic mass is 9.95. The van der Waals surface area contributed by atoms with Crippen molar-refractivity contribution in [2.24, 2.45) is 11.8 Å². The van der Waals surface area contributed by atoms with E-state index in [2.05, 4.69) is 21.3 Å². The molecule has 10 nitrogen and oxygen atoms in total. The third-order valence-corrected chi connectivity index (χ3v) is 8.30. The van der Waals surface area contributed by atoms with E-state index in [9.17, 15) is 19.2 Å². The minimum Gasteiger partial charge on any atom is -0.445 e. The Labute approximate surface area is 263 Å². The van der Waals surface area contributed by atoms with E-state index in [0.717, 1.165) is 21.9 Å². The molecule has 45 heavy (non-hydrogen) atoms. The van der Waals surface area contributed by atoms with Crippen molar-refractivity contribution in [1.82, 2.24) is 21.3 Å². The van der Waals surface area contributed by atoms with Gasteiger partial charge in [-0.3, -0.25) is 14.4 Å². The van der Waals surface area contributed by atoms with Crippen LogP contribution in [0.25, 0.3) is 10.8 Å². The van der Waals surface area contributed by atoms with Gasteiger partial charge in [0.25, 0.3) is 0 Å². The van der Waals surface area contributed by atoms with E-state index >= 15 is 0 Å². The van der Waals surface area contributed by atoms with E-state index in [1.54, 1.807) is 0 Å². The molecule has 238 valence electrons. The van der Waals surface area contributed by atoms with Crippen LogP contribution in [-0.2, 0) is 36.9 Å². The summed E-state index contributed by atoms with van der Waals surface area (Å²) in [6.45, 7) is 5.15. The highest BCUT2D eigenvalue weighted by atomic mass is 16.6. The fourth-order valence-corrected chi connectivity index (χ4v) is 5.83. The molecule has 3 aromatic carbocycles. The second-order valence-electron chi connectivity index (χ2n) is 12.3. The second-order valence-corrected chi connectivity index (χ2v) is 12.3. The Kier molecular flexibility index (Phi) is 10.7. The molecule has 4 amide bonds. The summed E-state index contributed by atoms with van der Waals surface area (Å²) in [5.74, 6) is -0.934. The number of carbonyl (C=O) groups excluding carboxylic acids is 4. The predicted molar refractivity (Wildman–Crippen MR) is 170 cm³/mol. The molecular formula is C35H42N4O6. The Morgan fingerprint density at radius 1 is 0.911 bits per heavy atom. The van der Waals surface area contributed by atoms with Crippen LogP contribution in [0.1, 0.15) is 44.2 Å². The van der Waals surface area contributed by atoms with Crippen LogP contribution in [0.15, 0.2) is 72.8 Å². The van der Waals surface area contributed by atoms with Gasteiger partial charge in [-0.15, -0.1) is 0 Å². The third kappa shape index (κ3) is 9.04. The number of benzene rings is 3. The molecule has 10 heteroatoms. The molecule has 0 aromatic heterocycles. The van der Waals surface area contributed by atoms with Crippen LogP contribution in [0.3, 0.4) is 0 Å². The number of ether oxygens (including phenoxy) is 2. The number of fused-ring (bicyclic) bond motifs is 1. The van der Waals surface area contributed by atoms with Crippen LogP contribution in [0.5, 0.6) is 0 Å². The van der Waals surface area contributed by atoms with Gasteiger partial charge in [-0.2, -0.15) is 0 Å². The van der Waals surface area contributed by atoms with Gasteiger partial charge >= 0.3 is 6.09 Å². The average molecular weight is 615 g/mol. The van der Waals surface area contributed by atoms with Crippen molar-refractivity contribution in [3.63, 3.8) is 0 Å². The molecule has 5 rings (SSSR count). The van der Waals surface area contributed by atoms with Crippen LogP contribution in [0, 0.1) is 11.8 Å². The fraction of sp³-hybridized carbons (Fsp3) is 0.429. The zero-order valence-corrected chi connectivity index (χ0v) is 25.8. The topological polar surface area (TPSA) is 138 Å². The summed E-state index contributed by atoms with van der Waals surface area (Å²) in [4.78, 5) is 52.7. The van der Waals surface area contributed by atoms with Gasteiger partial charge in [0.2, 0.25) is 17.7 Å². The third-order valence-electron chi connectivity index (χ3n) is 8.30. The van der Waals surface area contributed by atoms with E-state index in [4.69, 9.17) is 9.47 Å². The molecule has 2 saturated heterocycles. The van der Waals surface area contributed by atoms with E-state index < -0.39 is 24.1 Å². The second kappa shape index (κ2) is 15.0. The van der Waals surface area contributed by atoms with Gasteiger partial charge in [-0.05, 0) is 47.1 Å². The van der Waals surface area contributed by atoms with E-state index in [1.807, 2.05) is 86.6 Å². The summed E-state index contributed by atoms with van der Waals surface area (Å²) in [7, 11) is 0. The number of carbonyl (C=O) groups is 4. The first-order valence-corrected chi connectivity index (χ1v) is 15.7. The highest BCUT2D eigenvalue weighted by Gasteiger charge is 2.39. The summed E-state index contributed by atoms with van der Waals surface area (Å²) in [5, 5.41) is 13.6. The minimum atomic E-state index is -1.01. The molecule has 3 aromatic rings. The molecule has 0 bridgehead atoms. The van der Waals surface area contributed by atoms with Crippen LogP contribution in [0.4, 0.5) is 4.79 Å². The molecule has 4 N–H and O–H groups in total. The molecule has 0 saturated carbocycles. The molecular weight excluding hydrogens is 572 g/mol. The van der Waals surface area contributed by atoms with Crippen molar-refractivity contribution < 1.29 is 28.7 Å². The lowest BCUT2D eigenvalue weighted by molar-refractivity contribution is -0.131. The summed E-state index contributed by atoms with van der Waals surface area (Å²) >= 11 is 0. The molecule has 0 aliphatic carbocycles. The maximum Gasteiger partial charge on any atom is 0.408 e. The lowest BCUT2D eigenvalue weighted by Crippen LogP contribution is -2.56. The number of rotatable bonds is 14. The lowest BCUT2D eigenvalue weighted by Gasteiger charge is -2.27. The summed E-state index contributed by atoms with van der Waals surface area (Å²) in [5.41, 5.74) is 1.70. The number of nitrogens with one attached hydrogen (secondary N) is 4. The average Bonchev–Trinajstić information content (AvgIpc) is 3.81. The molecule has 1 unspecified atom stereocenters. The van der Waals surface area contributed by atoms with Crippen LogP contribution in [-0.4, -0.2) is 61.2 Å². The van der Waals surface area contributed by atoms with Crippen LogP contribution >= 0.6 is 0 Å². The Hall–Kier alpha value is -4.44. The smallest absolute Gasteiger partial charge is 0.408 e. The molecule has 0 radical (unpaired) electrons. The first kappa shape index (κ1) is 32.0. The first-order chi connectivity index (χ1) is 21.8. The largest absolute Gasteiger partial charge is 0.445 e. The fourth-order valence-electron chi connectivity index (χ4n) is 5.83. The molecule has 2 aliphatic rings. The van der Waals surface area contributed by atoms with Crippen LogP contribution < -0.4 is 21.3 Å². The Morgan fingerprint density at radius 3 is 2.33 bits per heavy atom. The van der Waals surface area contributed by atoms with Crippen LogP contribution in [0.2, 0.25) is 0 Å². The Bertz CT molecular complexity index is 1490. The molecule has 2 fully saturated rings. The van der Waals surface area contributed by atoms with Gasteiger partial charge in [0.1, 0.15) is 24.8 Å². The Balaban J connectivity index is 1.31. The van der Waals surface area contributed by atoms with E-state index in [1.165, 1.54) is 0 Å². The highest BCUT2D eigenvalue weighted by molar-refractivity contribution is 5.93. The zero-order valence-electron chi connectivity index (χ0n) is 25.8. The van der Waals surface area contributed by atoms with E-state index in [0.29, 0.717) is 32.4 Å². The maximum atomic E-state index is 13.9. The number of epoxide rings is 1. The molecule has 2 heterocycles. The SMILES string of the molecule is CC(C)C[C@H](NC(=O)[C@H](Cc1cccc2ccccc12)NC(=O)OCc1ccccc1)C(=O)N[C@@H](C[C@@H]1CCNC1=O)C1CO1. The van der Waals surface area contributed by atoms with Crippen molar-refractivity contribution in [3.05, 3.63) is 83.9 Å². The van der Waals surface area contributed by atoms with Crippen molar-refractivity contribution >= 4 is 34.6 Å². The molecule has 0 spiro atoms. The number of hydrogen-bond acceptors (Lipinski definition) is 6. The Morgan fingerprint density at radius 2 is 1.62 bits per heavy atom. The van der Waals surface area contributed by atoms with Crippen molar-refractivity contribution in [2.45, 2.75) is 70.4 Å². The van der Waals surface area contributed by atoms with Crippen molar-refractivity contribution in [3.8, 4) is 0 Å².